The highest BCUT2D eigenvalue weighted by Crippen LogP contribution is 2.14. The van der Waals surface area contributed by atoms with Crippen molar-refractivity contribution < 1.29 is 14.1 Å². The summed E-state index contributed by atoms with van der Waals surface area (Å²) in [7, 11) is 3.18. The first-order valence-electron chi connectivity index (χ1n) is 7.37. The van der Waals surface area contributed by atoms with Crippen LogP contribution in [-0.4, -0.2) is 32.9 Å². The van der Waals surface area contributed by atoms with Crippen LogP contribution in [0.4, 0.5) is 0 Å². The first-order chi connectivity index (χ1) is 11.7. The Hall–Kier alpha value is -3.16. The first kappa shape index (κ1) is 15.7. The summed E-state index contributed by atoms with van der Waals surface area (Å²) in [5.41, 5.74) is 1.44. The van der Waals surface area contributed by atoms with Crippen molar-refractivity contribution in [3.05, 3.63) is 59.4 Å². The monoisotopic (exact) mass is 327 g/mol. The minimum atomic E-state index is -0.317. The normalized spacial score (nSPS) is 10.6. The lowest BCUT2D eigenvalue weighted by Gasteiger charge is -2.01. The van der Waals surface area contributed by atoms with Gasteiger partial charge < -0.3 is 14.6 Å². The van der Waals surface area contributed by atoms with Gasteiger partial charge in [0.15, 0.2) is 5.82 Å². The minimum Gasteiger partial charge on any atom is -0.479 e. The van der Waals surface area contributed by atoms with E-state index in [2.05, 4.69) is 20.6 Å². The van der Waals surface area contributed by atoms with Gasteiger partial charge in [0, 0.05) is 19.7 Å². The zero-order valence-corrected chi connectivity index (χ0v) is 13.4. The molecule has 24 heavy (non-hydrogen) atoms. The molecule has 8 nitrogen and oxygen atoms in total. The second kappa shape index (κ2) is 6.95. The fourth-order valence-electron chi connectivity index (χ4n) is 2.24. The van der Waals surface area contributed by atoms with Gasteiger partial charge in [0.1, 0.15) is 5.56 Å². The van der Waals surface area contributed by atoms with Gasteiger partial charge in [-0.1, -0.05) is 35.5 Å². The maximum absolute atomic E-state index is 12.2. The van der Waals surface area contributed by atoms with Crippen molar-refractivity contribution in [1.82, 2.24) is 25.2 Å². The molecule has 0 aliphatic heterocycles. The Bertz CT molecular complexity index is 825. The standard InChI is InChI=1S/C16H17N5O3/c1-21-10-12(16(19-21)23-2)15(22)17-9-14-18-13(20-24-14)8-11-6-4-3-5-7-11/h3-7,10H,8-9H2,1-2H3,(H,17,22). The summed E-state index contributed by atoms with van der Waals surface area (Å²) < 4.78 is 11.7. The smallest absolute Gasteiger partial charge is 0.258 e. The maximum atomic E-state index is 12.2. The van der Waals surface area contributed by atoms with Gasteiger partial charge in [-0.2, -0.15) is 4.98 Å². The minimum absolute atomic E-state index is 0.138. The number of carbonyl (C=O) groups is 1. The van der Waals surface area contributed by atoms with Gasteiger partial charge >= 0.3 is 0 Å². The SMILES string of the molecule is COc1nn(C)cc1C(=O)NCc1nc(Cc2ccccc2)no1. The zero-order chi connectivity index (χ0) is 16.9. The summed E-state index contributed by atoms with van der Waals surface area (Å²) >= 11 is 0. The largest absolute Gasteiger partial charge is 0.479 e. The molecule has 0 saturated heterocycles. The van der Waals surface area contributed by atoms with Crippen molar-refractivity contribution in [2.45, 2.75) is 13.0 Å². The maximum Gasteiger partial charge on any atom is 0.258 e. The van der Waals surface area contributed by atoms with E-state index < -0.39 is 0 Å². The van der Waals surface area contributed by atoms with E-state index >= 15 is 0 Å². The van der Waals surface area contributed by atoms with Crippen molar-refractivity contribution in [3.8, 4) is 5.88 Å². The number of nitrogens with one attached hydrogen (secondary N) is 1. The van der Waals surface area contributed by atoms with Crippen molar-refractivity contribution in [2.24, 2.45) is 7.05 Å². The average molecular weight is 327 g/mol. The molecule has 1 amide bonds. The molecule has 0 radical (unpaired) electrons. The number of benzene rings is 1. The van der Waals surface area contributed by atoms with E-state index in [0.717, 1.165) is 5.56 Å². The zero-order valence-electron chi connectivity index (χ0n) is 13.4. The summed E-state index contributed by atoms with van der Waals surface area (Å²) in [6.07, 6.45) is 2.16. The van der Waals surface area contributed by atoms with Gasteiger partial charge in [0.25, 0.3) is 5.91 Å². The van der Waals surface area contributed by atoms with Gasteiger partial charge in [-0.3, -0.25) is 9.48 Å². The number of aromatic nitrogens is 4. The molecule has 0 fully saturated rings. The summed E-state index contributed by atoms with van der Waals surface area (Å²) in [6, 6.07) is 9.85. The van der Waals surface area contributed by atoms with Crippen LogP contribution in [0.5, 0.6) is 5.88 Å². The Morgan fingerprint density at radius 3 is 2.88 bits per heavy atom. The van der Waals surface area contributed by atoms with E-state index in [0.29, 0.717) is 23.7 Å². The number of carbonyl (C=O) groups excluding carboxylic acids is 1. The molecule has 124 valence electrons. The summed E-state index contributed by atoms with van der Waals surface area (Å²) in [6.45, 7) is 0.138. The molecular weight excluding hydrogens is 310 g/mol. The Morgan fingerprint density at radius 2 is 2.12 bits per heavy atom. The van der Waals surface area contributed by atoms with Crippen LogP contribution in [0.3, 0.4) is 0 Å². The quantitative estimate of drug-likeness (QED) is 0.734. The average Bonchev–Trinajstić information content (AvgIpc) is 3.19. The predicted octanol–water partition coefficient (Wildman–Crippen LogP) is 1.33. The fourth-order valence-corrected chi connectivity index (χ4v) is 2.24. The molecule has 0 spiro atoms. The van der Waals surface area contributed by atoms with Crippen molar-refractivity contribution in [1.29, 1.82) is 0 Å². The molecule has 2 heterocycles. The van der Waals surface area contributed by atoms with E-state index in [-0.39, 0.29) is 18.3 Å². The topological polar surface area (TPSA) is 95.1 Å². The molecule has 0 bridgehead atoms. The fraction of sp³-hybridized carbons (Fsp3) is 0.250. The van der Waals surface area contributed by atoms with Crippen LogP contribution in [0.15, 0.2) is 41.1 Å². The Morgan fingerprint density at radius 1 is 1.33 bits per heavy atom. The summed E-state index contributed by atoms with van der Waals surface area (Å²) in [5.74, 6) is 0.870. The number of methoxy groups -OCH3 is 1. The van der Waals surface area contributed by atoms with E-state index in [4.69, 9.17) is 9.26 Å². The third-order valence-corrected chi connectivity index (χ3v) is 3.35. The van der Waals surface area contributed by atoms with Crippen LogP contribution < -0.4 is 10.1 Å². The number of aryl methyl sites for hydroxylation is 1. The number of hydrogen-bond acceptors (Lipinski definition) is 6. The van der Waals surface area contributed by atoms with Gasteiger partial charge in [-0.05, 0) is 5.56 Å². The molecule has 3 aromatic rings. The molecule has 8 heteroatoms. The molecular formula is C16H17N5O3. The number of amides is 1. The molecule has 0 atom stereocenters. The number of rotatable bonds is 6. The molecule has 0 aliphatic rings. The van der Waals surface area contributed by atoms with Crippen molar-refractivity contribution in [2.75, 3.05) is 7.11 Å². The summed E-state index contributed by atoms with van der Waals surface area (Å²) in [4.78, 5) is 16.4. The molecule has 0 unspecified atom stereocenters. The van der Waals surface area contributed by atoms with Gasteiger partial charge in [0.05, 0.1) is 13.7 Å². The lowest BCUT2D eigenvalue weighted by atomic mass is 10.1. The van der Waals surface area contributed by atoms with Crippen LogP contribution in [0.25, 0.3) is 0 Å². The van der Waals surface area contributed by atoms with Crippen LogP contribution in [0.1, 0.15) is 27.6 Å². The molecule has 0 aliphatic carbocycles. The van der Waals surface area contributed by atoms with Crippen LogP contribution >= 0.6 is 0 Å². The third kappa shape index (κ3) is 3.60. The van der Waals surface area contributed by atoms with E-state index in [9.17, 15) is 4.79 Å². The Kier molecular flexibility index (Phi) is 4.55. The Labute approximate surface area is 138 Å². The molecule has 2 aromatic heterocycles. The highest BCUT2D eigenvalue weighted by molar-refractivity contribution is 5.96. The predicted molar refractivity (Wildman–Crippen MR) is 84.5 cm³/mol. The first-order valence-corrected chi connectivity index (χ1v) is 7.37. The van der Waals surface area contributed by atoms with Gasteiger partial charge in [0.2, 0.25) is 11.8 Å². The lowest BCUT2D eigenvalue weighted by Crippen LogP contribution is -2.23. The number of nitrogens with zero attached hydrogens (tertiary/aromatic N) is 4. The van der Waals surface area contributed by atoms with Crippen LogP contribution in [0.2, 0.25) is 0 Å². The second-order valence-electron chi connectivity index (χ2n) is 5.18. The van der Waals surface area contributed by atoms with E-state index in [1.165, 1.54) is 11.8 Å². The lowest BCUT2D eigenvalue weighted by molar-refractivity contribution is 0.0943. The van der Waals surface area contributed by atoms with Crippen LogP contribution in [-0.2, 0) is 20.0 Å². The van der Waals surface area contributed by atoms with E-state index in [1.807, 2.05) is 30.3 Å². The molecule has 1 N–H and O–H groups in total. The highest BCUT2D eigenvalue weighted by Gasteiger charge is 2.17. The number of hydrogen-bond donors (Lipinski definition) is 1. The van der Waals surface area contributed by atoms with Crippen molar-refractivity contribution >= 4 is 5.91 Å². The summed E-state index contributed by atoms with van der Waals surface area (Å²) in [5, 5.41) is 10.7. The molecule has 1 aromatic carbocycles. The Balaban J connectivity index is 1.60. The second-order valence-corrected chi connectivity index (χ2v) is 5.18. The van der Waals surface area contributed by atoms with Gasteiger partial charge in [-0.15, -0.1) is 5.10 Å². The van der Waals surface area contributed by atoms with Crippen LogP contribution in [0, 0.1) is 0 Å². The van der Waals surface area contributed by atoms with Gasteiger partial charge in [-0.25, -0.2) is 0 Å². The molecule has 3 rings (SSSR count). The van der Waals surface area contributed by atoms with E-state index in [1.54, 1.807) is 13.2 Å². The number of ether oxygens (including phenoxy) is 1. The highest BCUT2D eigenvalue weighted by atomic mass is 16.5. The third-order valence-electron chi connectivity index (χ3n) is 3.35. The van der Waals surface area contributed by atoms with Crippen molar-refractivity contribution in [3.63, 3.8) is 0 Å². The molecule has 0 saturated carbocycles.